The van der Waals surface area contributed by atoms with Crippen molar-refractivity contribution < 1.29 is 111 Å². The van der Waals surface area contributed by atoms with Crippen molar-refractivity contribution in [3.05, 3.63) is 103 Å². The van der Waals surface area contributed by atoms with Gasteiger partial charge in [0.1, 0.15) is 70.6 Å². The van der Waals surface area contributed by atoms with Crippen molar-refractivity contribution >= 4 is 157 Å². The summed E-state index contributed by atoms with van der Waals surface area (Å²) in [5, 5.41) is 46.7. The van der Waals surface area contributed by atoms with Crippen molar-refractivity contribution in [1.82, 2.24) is 15.0 Å². The number of sulfone groups is 1. The Morgan fingerprint density at radius 2 is 1.15 bits per heavy atom. The molecule has 8 aromatic rings. The average Bonchev–Trinajstić information content (AvgIpc) is 0.792. The molecule has 0 atom stereocenters. The summed E-state index contributed by atoms with van der Waals surface area (Å²) in [7, 11) is -32.1. The van der Waals surface area contributed by atoms with Gasteiger partial charge in [0.25, 0.3) is 30.4 Å². The van der Waals surface area contributed by atoms with Crippen LogP contribution in [-0.2, 0) is 54.8 Å². The average molecular weight is 1380 g/mol. The second kappa shape index (κ2) is 24.5. The topological polar surface area (TPSA) is 586 Å². The fraction of sp³-hybridized carbons (Fsp3) is 0.0889. The molecule has 0 bridgehead atoms. The van der Waals surface area contributed by atoms with Crippen molar-refractivity contribution in [2.45, 2.75) is 29.4 Å². The van der Waals surface area contributed by atoms with Gasteiger partial charge in [-0.25, -0.2) is 12.6 Å². The number of halogens is 1. The second-order valence-corrected chi connectivity index (χ2v) is 28.2. The number of benzene rings is 7. The van der Waals surface area contributed by atoms with Crippen molar-refractivity contribution in [3.8, 4) is 17.2 Å². The molecule has 0 fully saturated rings. The number of nitrogens with two attached hydrogens (primary N) is 1. The van der Waals surface area contributed by atoms with E-state index in [0.717, 1.165) is 65.6 Å². The summed E-state index contributed by atoms with van der Waals surface area (Å²) < 4.78 is 248. The predicted octanol–water partition coefficient (Wildman–Crippen LogP) is 9.58. The summed E-state index contributed by atoms with van der Waals surface area (Å²) in [5.74, 6) is -4.11. The monoisotopic (exact) mass is 1380 g/mol. The summed E-state index contributed by atoms with van der Waals surface area (Å²) >= 11 is 0. The van der Waals surface area contributed by atoms with Gasteiger partial charge in [-0.3, -0.25) is 18.2 Å². The van der Waals surface area contributed by atoms with E-state index in [4.69, 9.17) is 15.0 Å². The summed E-state index contributed by atoms with van der Waals surface area (Å²) in [6.45, 7) is -0.959. The molecule has 0 aliphatic heterocycles. The minimum absolute atomic E-state index is 0.0113. The summed E-state index contributed by atoms with van der Waals surface area (Å²) in [6, 6.07) is 15.7. The minimum Gasteiger partial charge on any atom is -0.505 e. The van der Waals surface area contributed by atoms with Crippen molar-refractivity contribution in [2.75, 3.05) is 42.5 Å². The molecule has 1 aromatic heterocycles. The maximum absolute atomic E-state index is 15.3. The van der Waals surface area contributed by atoms with Crippen LogP contribution in [-0.4, -0.2) is 139 Å². The Balaban J connectivity index is 1.13. The van der Waals surface area contributed by atoms with Crippen LogP contribution >= 0.6 is 21.7 Å². The largest absolute Gasteiger partial charge is 0.505 e. The number of nitrogen functional groups attached to an aromatic ring is 1. The van der Waals surface area contributed by atoms with E-state index in [1.807, 2.05) is 0 Å². The van der Waals surface area contributed by atoms with Gasteiger partial charge in [0.15, 0.2) is 21.3 Å². The van der Waals surface area contributed by atoms with E-state index >= 15 is 4.39 Å². The zero-order valence-electron chi connectivity index (χ0n) is 44.2. The Kier molecular flexibility index (Phi) is 18.3. The molecule has 474 valence electrons. The number of methoxy groups -OCH3 is 1. The van der Waals surface area contributed by atoms with Crippen LogP contribution < -0.4 is 20.7 Å². The molecule has 0 unspecified atom stereocenters. The Morgan fingerprint density at radius 3 is 1.73 bits per heavy atom. The van der Waals surface area contributed by atoms with Gasteiger partial charge in [0.2, 0.25) is 11.9 Å². The number of phenols is 2. The van der Waals surface area contributed by atoms with E-state index in [0.29, 0.717) is 12.1 Å². The number of rotatable bonds is 21. The number of aromatic nitrogens is 3. The number of hydrogen-bond donors (Lipinski definition) is 14. The van der Waals surface area contributed by atoms with Crippen LogP contribution in [0, 0.1) is 6.08 Å². The normalized spacial score (nSPS) is 13.5. The second-order valence-electron chi connectivity index (χ2n) is 17.8. The van der Waals surface area contributed by atoms with Crippen LogP contribution in [0.3, 0.4) is 0 Å². The number of aromatic hydroxyl groups is 2. The molecule has 0 saturated carbocycles. The summed E-state index contributed by atoms with van der Waals surface area (Å²) in [5.41, 5.74) is 0.885. The molecular formula is C45H41FN12O24S7. The van der Waals surface area contributed by atoms with Crippen LogP contribution in [0.25, 0.3) is 21.5 Å². The lowest BCUT2D eigenvalue weighted by Gasteiger charge is -2.23. The van der Waals surface area contributed by atoms with Gasteiger partial charge >= 0.3 is 16.5 Å². The lowest BCUT2D eigenvalue weighted by Crippen LogP contribution is -2.16. The van der Waals surface area contributed by atoms with Crippen molar-refractivity contribution in [3.63, 3.8) is 0 Å². The number of anilines is 5. The lowest BCUT2D eigenvalue weighted by molar-refractivity contribution is 0.283. The molecule has 44 heteroatoms. The zero-order valence-corrected chi connectivity index (χ0v) is 49.9. The van der Waals surface area contributed by atoms with Gasteiger partial charge in [-0.15, -0.1) is 25.6 Å². The highest BCUT2D eigenvalue weighted by Crippen LogP contribution is 2.57. The molecule has 0 amide bonds. The van der Waals surface area contributed by atoms with E-state index in [1.54, 1.807) is 0 Å². The molecule has 0 aliphatic carbocycles. The maximum Gasteiger partial charge on any atom is 0.397 e. The molecular weight excluding hydrogens is 1340 g/mol. The smallest absolute Gasteiger partial charge is 0.397 e. The van der Waals surface area contributed by atoms with Gasteiger partial charge in [-0.05, 0) is 102 Å². The van der Waals surface area contributed by atoms with Crippen LogP contribution in [0.5, 0.6) is 17.2 Å². The number of hydrogen-bond acceptors (Lipinski definition) is 32. The first-order valence-corrected chi connectivity index (χ1v) is 33.8. The molecule has 8 rings (SSSR count). The molecule has 7 aromatic carbocycles. The summed E-state index contributed by atoms with van der Waals surface area (Å²) in [4.78, 5) is 7.22. The van der Waals surface area contributed by atoms with Gasteiger partial charge in [-0.1, -0.05) is 0 Å². The standard InChI is InChI=1S/C45H41FN12O24S7/c1-58(25-6-10-28-21(15-25)16-34(87(72,73)74)39(41(28)59)56-53-29-11-7-26(81-2)20-32(29)85(66,67)68)45-50-43(46)49-44(51-45)48-24-5-12-31(84(63,64)65)30(19-24)54-57-40-35(88(75,76)77)18-22-17-33(86(69,70)71)38(37(47)36(22)42(40)60)55-52-23-3-8-27(9-4-23)83(61,62)14-13-82-89(78,79)80/h3-12,15-20,59-60,72-77H,13-14,47H2,1-2H3,(H,63,64,65)(H,66,67,68)(H,69,70,71)(H,78,79,80)(H,48,49,50,51). The number of azo groups is 3. The Labute approximate surface area is 503 Å². The molecule has 1 heterocycles. The fourth-order valence-corrected chi connectivity index (χ4v) is 12.7. The van der Waals surface area contributed by atoms with E-state index in [9.17, 15) is 93.3 Å². The van der Waals surface area contributed by atoms with E-state index in [2.05, 4.69) is 55.1 Å². The quantitative estimate of drug-likeness (QED) is 0.0181. The highest BCUT2D eigenvalue weighted by atomic mass is 32.3. The lowest BCUT2D eigenvalue weighted by atomic mass is 10.1. The Hall–Kier alpha value is -8.39. The molecule has 0 radical (unpaired) electrons. The summed E-state index contributed by atoms with van der Waals surface area (Å²) in [6.07, 6.45) is -1.44. The van der Waals surface area contributed by atoms with E-state index in [1.165, 1.54) is 38.4 Å². The third kappa shape index (κ3) is 15.2. The SMILES string of the molecule is COc1ccc(N=Nc2c(S(O)(O)O)cc3cc(N(C)c4nc(F)nc(Nc5ccc(S(=O)(=O)O)c(N=Nc6c(S(O)(O)O)cc7cc(S(=O)(=O)O)c(N=Nc8ccc(S(=O)(=O)CCOS(=O)(=O)O)cc8)c(N)c7c6O)c5)n4)ccc3c2O)c(S(=O)(=O)O)c1. The zero-order chi connectivity index (χ0) is 65.7. The Morgan fingerprint density at radius 1 is 0.573 bits per heavy atom. The number of ether oxygens (including phenoxy) is 1. The first-order valence-electron chi connectivity index (χ1n) is 23.4. The van der Waals surface area contributed by atoms with Gasteiger partial charge in [0.05, 0.1) is 50.9 Å². The van der Waals surface area contributed by atoms with Crippen molar-refractivity contribution in [2.24, 2.45) is 30.7 Å². The van der Waals surface area contributed by atoms with Crippen LogP contribution in [0.1, 0.15) is 0 Å². The van der Waals surface area contributed by atoms with Gasteiger partial charge in [0, 0.05) is 29.9 Å². The molecule has 0 spiro atoms. The van der Waals surface area contributed by atoms with Crippen molar-refractivity contribution in [1.29, 1.82) is 0 Å². The van der Waals surface area contributed by atoms with Gasteiger partial charge in [-0.2, -0.15) is 58.1 Å². The number of nitrogens with zero attached hydrogens (tertiary/aromatic N) is 10. The number of phenolic OH excluding ortho intramolecular Hbond substituents is 2. The number of nitrogens with one attached hydrogen (secondary N) is 1. The first kappa shape index (κ1) is 66.6. The molecule has 0 saturated heterocycles. The molecule has 0 aliphatic rings. The number of fused-ring (bicyclic) bond motifs is 2. The minimum atomic E-state index is -5.37. The first-order chi connectivity index (χ1) is 41.1. The van der Waals surface area contributed by atoms with Crippen LogP contribution in [0.15, 0.2) is 157 Å². The third-order valence-electron chi connectivity index (χ3n) is 12.0. The van der Waals surface area contributed by atoms with E-state index in [-0.39, 0.29) is 33.6 Å². The molecule has 15 N–H and O–H groups in total. The van der Waals surface area contributed by atoms with E-state index < -0.39 is 188 Å². The highest BCUT2D eigenvalue weighted by molar-refractivity contribution is 8.19. The fourth-order valence-electron chi connectivity index (χ4n) is 7.96. The maximum atomic E-state index is 15.3. The van der Waals surface area contributed by atoms with Gasteiger partial charge < -0.3 is 58.2 Å². The highest BCUT2D eigenvalue weighted by Gasteiger charge is 2.31. The molecule has 36 nitrogen and oxygen atoms in total. The van der Waals surface area contributed by atoms with Crippen LogP contribution in [0.2, 0.25) is 0 Å². The molecule has 89 heavy (non-hydrogen) atoms. The third-order valence-corrected chi connectivity index (χ3v) is 18.6. The predicted molar refractivity (Wildman–Crippen MR) is 312 cm³/mol. The Bertz CT molecular complexity index is 4910. The van der Waals surface area contributed by atoms with Crippen LogP contribution in [0.4, 0.5) is 67.5 Å².